The molecule has 2 nitrogen and oxygen atoms in total. The molecular formula is C10H15FN2S. The van der Waals surface area contributed by atoms with Crippen LogP contribution in [0.5, 0.6) is 0 Å². The van der Waals surface area contributed by atoms with Crippen molar-refractivity contribution in [1.29, 1.82) is 0 Å². The van der Waals surface area contributed by atoms with Gasteiger partial charge in [0.25, 0.3) is 0 Å². The summed E-state index contributed by atoms with van der Waals surface area (Å²) in [4.78, 5) is 5.02. The van der Waals surface area contributed by atoms with Gasteiger partial charge in [-0.05, 0) is 26.3 Å². The van der Waals surface area contributed by atoms with Gasteiger partial charge >= 0.3 is 0 Å². The van der Waals surface area contributed by atoms with E-state index in [0.717, 1.165) is 17.8 Å². The lowest BCUT2D eigenvalue weighted by molar-refractivity contribution is 0.0779. The molecule has 14 heavy (non-hydrogen) atoms. The van der Waals surface area contributed by atoms with Crippen molar-refractivity contribution in [3.05, 3.63) is 16.6 Å². The highest BCUT2D eigenvalue weighted by atomic mass is 32.1. The molecule has 1 aromatic rings. The van der Waals surface area contributed by atoms with E-state index in [1.165, 1.54) is 11.3 Å². The first kappa shape index (κ1) is 10.1. The molecule has 78 valence electrons. The molecule has 0 bridgehead atoms. The summed E-state index contributed by atoms with van der Waals surface area (Å²) < 4.78 is 14.4. The SMILES string of the molecule is CC1NCCCC1(F)Cc1cncs1. The van der Waals surface area contributed by atoms with Crippen molar-refractivity contribution in [2.24, 2.45) is 0 Å². The summed E-state index contributed by atoms with van der Waals surface area (Å²) in [6.45, 7) is 2.87. The molecule has 0 saturated carbocycles. The van der Waals surface area contributed by atoms with Crippen molar-refractivity contribution in [1.82, 2.24) is 10.3 Å². The van der Waals surface area contributed by atoms with Crippen LogP contribution in [0.15, 0.2) is 11.7 Å². The van der Waals surface area contributed by atoms with E-state index in [9.17, 15) is 4.39 Å². The molecule has 2 unspecified atom stereocenters. The minimum Gasteiger partial charge on any atom is -0.311 e. The van der Waals surface area contributed by atoms with Crippen LogP contribution < -0.4 is 5.32 Å². The number of aromatic nitrogens is 1. The van der Waals surface area contributed by atoms with E-state index >= 15 is 0 Å². The van der Waals surface area contributed by atoms with Crippen molar-refractivity contribution in [2.45, 2.75) is 37.9 Å². The number of halogens is 1. The Balaban J connectivity index is 2.07. The van der Waals surface area contributed by atoms with Crippen LogP contribution >= 0.6 is 11.3 Å². The normalized spacial score (nSPS) is 33.1. The van der Waals surface area contributed by atoms with Gasteiger partial charge in [-0.15, -0.1) is 11.3 Å². The number of piperidine rings is 1. The maximum Gasteiger partial charge on any atom is 0.130 e. The molecule has 1 fully saturated rings. The van der Waals surface area contributed by atoms with E-state index in [0.29, 0.717) is 12.8 Å². The van der Waals surface area contributed by atoms with E-state index in [1.54, 1.807) is 11.7 Å². The molecule has 0 aliphatic carbocycles. The van der Waals surface area contributed by atoms with Crippen LogP contribution in [0.3, 0.4) is 0 Å². The van der Waals surface area contributed by atoms with E-state index in [1.807, 2.05) is 6.92 Å². The number of alkyl halides is 1. The Labute approximate surface area is 87.6 Å². The number of nitrogens with zero attached hydrogens (tertiary/aromatic N) is 1. The van der Waals surface area contributed by atoms with Crippen LogP contribution in [-0.4, -0.2) is 23.2 Å². The molecule has 1 aromatic heterocycles. The van der Waals surface area contributed by atoms with Gasteiger partial charge in [0.1, 0.15) is 5.67 Å². The average molecular weight is 214 g/mol. The Kier molecular flexibility index (Phi) is 2.83. The van der Waals surface area contributed by atoms with Gasteiger partial charge in [0.15, 0.2) is 0 Å². The molecule has 0 amide bonds. The molecule has 1 saturated heterocycles. The summed E-state index contributed by atoms with van der Waals surface area (Å²) in [6.07, 6.45) is 3.87. The van der Waals surface area contributed by atoms with Crippen molar-refractivity contribution < 1.29 is 4.39 Å². The summed E-state index contributed by atoms with van der Waals surface area (Å²) >= 11 is 1.54. The highest BCUT2D eigenvalue weighted by molar-refractivity contribution is 7.09. The zero-order chi connectivity index (χ0) is 10.0. The van der Waals surface area contributed by atoms with Crippen molar-refractivity contribution in [2.75, 3.05) is 6.54 Å². The minimum atomic E-state index is -1.08. The highest BCUT2D eigenvalue weighted by Crippen LogP contribution is 2.31. The molecule has 4 heteroatoms. The third kappa shape index (κ3) is 1.96. The second-order valence-corrected chi connectivity index (χ2v) is 4.93. The molecule has 0 spiro atoms. The van der Waals surface area contributed by atoms with Gasteiger partial charge in [-0.1, -0.05) is 0 Å². The van der Waals surface area contributed by atoms with Crippen LogP contribution in [-0.2, 0) is 6.42 Å². The second-order valence-electron chi connectivity index (χ2n) is 3.96. The molecule has 2 heterocycles. The Hall–Kier alpha value is -0.480. The first-order valence-electron chi connectivity index (χ1n) is 5.00. The fourth-order valence-corrected chi connectivity index (χ4v) is 2.66. The van der Waals surface area contributed by atoms with Crippen LogP contribution in [0.25, 0.3) is 0 Å². The zero-order valence-electron chi connectivity index (χ0n) is 8.29. The van der Waals surface area contributed by atoms with Gasteiger partial charge in [-0.25, -0.2) is 4.39 Å². The Morgan fingerprint density at radius 1 is 1.79 bits per heavy atom. The van der Waals surface area contributed by atoms with E-state index < -0.39 is 5.67 Å². The number of rotatable bonds is 2. The summed E-state index contributed by atoms with van der Waals surface area (Å²) in [5.41, 5.74) is 0.685. The summed E-state index contributed by atoms with van der Waals surface area (Å²) in [6, 6.07) is -0.0432. The monoisotopic (exact) mass is 214 g/mol. The Bertz CT molecular complexity index is 288. The molecule has 2 rings (SSSR count). The third-order valence-electron chi connectivity index (χ3n) is 2.95. The first-order chi connectivity index (χ1) is 6.71. The number of hydrogen-bond acceptors (Lipinski definition) is 3. The van der Waals surface area contributed by atoms with Crippen molar-refractivity contribution >= 4 is 11.3 Å². The lowest BCUT2D eigenvalue weighted by atomic mass is 9.85. The highest BCUT2D eigenvalue weighted by Gasteiger charge is 2.38. The van der Waals surface area contributed by atoms with Gasteiger partial charge in [0.05, 0.1) is 5.51 Å². The lowest BCUT2D eigenvalue weighted by Gasteiger charge is -2.36. The predicted octanol–water partition coefficient (Wildman–Crippen LogP) is 2.17. The number of nitrogens with one attached hydrogen (secondary N) is 1. The molecule has 1 N–H and O–H groups in total. The van der Waals surface area contributed by atoms with Crippen LogP contribution in [0.1, 0.15) is 24.6 Å². The molecule has 0 radical (unpaired) electrons. The van der Waals surface area contributed by atoms with Gasteiger partial charge in [-0.3, -0.25) is 4.98 Å². The maximum atomic E-state index is 14.4. The number of hydrogen-bond donors (Lipinski definition) is 1. The van der Waals surface area contributed by atoms with E-state index in [-0.39, 0.29) is 6.04 Å². The molecule has 0 aromatic carbocycles. The maximum absolute atomic E-state index is 14.4. The van der Waals surface area contributed by atoms with Gasteiger partial charge in [-0.2, -0.15) is 0 Å². The third-order valence-corrected chi connectivity index (χ3v) is 3.73. The van der Waals surface area contributed by atoms with Gasteiger partial charge < -0.3 is 5.32 Å². The van der Waals surface area contributed by atoms with Crippen LogP contribution in [0, 0.1) is 0 Å². The van der Waals surface area contributed by atoms with E-state index in [4.69, 9.17) is 0 Å². The fourth-order valence-electron chi connectivity index (χ4n) is 1.96. The van der Waals surface area contributed by atoms with Crippen LogP contribution in [0.2, 0.25) is 0 Å². The van der Waals surface area contributed by atoms with Crippen molar-refractivity contribution in [3.63, 3.8) is 0 Å². The first-order valence-corrected chi connectivity index (χ1v) is 5.88. The molecule has 2 atom stereocenters. The predicted molar refractivity (Wildman–Crippen MR) is 56.4 cm³/mol. The summed E-state index contributed by atoms with van der Waals surface area (Å²) in [5.74, 6) is 0. The average Bonchev–Trinajstić information content (AvgIpc) is 2.63. The molecule has 1 aliphatic rings. The Morgan fingerprint density at radius 3 is 3.29 bits per heavy atom. The number of thiazole rings is 1. The molecule has 1 aliphatic heterocycles. The fraction of sp³-hybridized carbons (Fsp3) is 0.700. The second kappa shape index (κ2) is 3.95. The van der Waals surface area contributed by atoms with Gasteiger partial charge in [0.2, 0.25) is 0 Å². The van der Waals surface area contributed by atoms with Crippen molar-refractivity contribution in [3.8, 4) is 0 Å². The quantitative estimate of drug-likeness (QED) is 0.816. The minimum absolute atomic E-state index is 0.0432. The zero-order valence-corrected chi connectivity index (χ0v) is 9.11. The largest absolute Gasteiger partial charge is 0.311 e. The van der Waals surface area contributed by atoms with Crippen LogP contribution in [0.4, 0.5) is 4.39 Å². The summed E-state index contributed by atoms with van der Waals surface area (Å²) in [5, 5.41) is 3.19. The Morgan fingerprint density at radius 2 is 2.64 bits per heavy atom. The summed E-state index contributed by atoms with van der Waals surface area (Å²) in [7, 11) is 0. The standard InChI is InChI=1S/C10H15FN2S/c1-8-10(11,3-2-4-13-8)5-9-6-12-7-14-9/h6-8,13H,2-5H2,1H3. The van der Waals surface area contributed by atoms with Gasteiger partial charge in [0, 0.05) is 23.5 Å². The van der Waals surface area contributed by atoms with E-state index in [2.05, 4.69) is 10.3 Å². The molecular weight excluding hydrogens is 199 g/mol. The topological polar surface area (TPSA) is 24.9 Å². The lowest BCUT2D eigenvalue weighted by Crippen LogP contribution is -2.51. The smallest absolute Gasteiger partial charge is 0.130 e.